The van der Waals surface area contributed by atoms with Gasteiger partial charge < -0.3 is 4.90 Å². The van der Waals surface area contributed by atoms with Crippen LogP contribution >= 0.6 is 0 Å². The number of dihydropyridines is 1. The maximum atomic E-state index is 4.30. The third kappa shape index (κ3) is 4.32. The van der Waals surface area contributed by atoms with Crippen molar-refractivity contribution in [1.82, 2.24) is 4.90 Å². The van der Waals surface area contributed by atoms with Crippen LogP contribution in [0.4, 0.5) is 0 Å². The van der Waals surface area contributed by atoms with Crippen LogP contribution in [0.1, 0.15) is 32.6 Å². The van der Waals surface area contributed by atoms with Crippen LogP contribution in [0.2, 0.25) is 0 Å². The molecule has 2 nitrogen and oxygen atoms in total. The molecule has 0 aliphatic carbocycles. The summed E-state index contributed by atoms with van der Waals surface area (Å²) in [6, 6.07) is 0. The second kappa shape index (κ2) is 7.27. The van der Waals surface area contributed by atoms with E-state index in [4.69, 9.17) is 0 Å². The molecule has 2 rings (SSSR count). The van der Waals surface area contributed by atoms with E-state index in [0.29, 0.717) is 0 Å². The molecule has 0 atom stereocenters. The van der Waals surface area contributed by atoms with Crippen LogP contribution in [0, 0.1) is 0 Å². The summed E-state index contributed by atoms with van der Waals surface area (Å²) in [5.41, 5.74) is 1.36. The van der Waals surface area contributed by atoms with E-state index in [-0.39, 0.29) is 0 Å². The van der Waals surface area contributed by atoms with Crippen molar-refractivity contribution in [1.29, 1.82) is 0 Å². The van der Waals surface area contributed by atoms with Crippen LogP contribution in [0.25, 0.3) is 0 Å². The highest BCUT2D eigenvalue weighted by molar-refractivity contribution is 5.78. The average Bonchev–Trinajstić information content (AvgIpc) is 2.32. The van der Waals surface area contributed by atoms with E-state index in [2.05, 4.69) is 22.5 Å². The zero-order valence-electron chi connectivity index (χ0n) is 9.78. The molecule has 15 heavy (non-hydrogen) atoms. The average molecular weight is 206 g/mol. The Hall–Kier alpha value is -1.05. The first kappa shape index (κ1) is 12.0. The summed E-state index contributed by atoms with van der Waals surface area (Å²) >= 11 is 0. The Kier molecular flexibility index (Phi) is 5.83. The number of hydrogen-bond donors (Lipinski definition) is 0. The quantitative estimate of drug-likeness (QED) is 0.602. The smallest absolute Gasteiger partial charge is 0.0507 e. The number of hydrogen-bond acceptors (Lipinski definition) is 2. The van der Waals surface area contributed by atoms with E-state index >= 15 is 0 Å². The van der Waals surface area contributed by atoms with Crippen molar-refractivity contribution in [2.45, 2.75) is 32.6 Å². The van der Waals surface area contributed by atoms with Gasteiger partial charge in [-0.3, -0.25) is 4.99 Å². The van der Waals surface area contributed by atoms with Gasteiger partial charge >= 0.3 is 0 Å². The van der Waals surface area contributed by atoms with Gasteiger partial charge in [-0.25, -0.2) is 0 Å². The Bertz CT molecular complexity index is 235. The van der Waals surface area contributed by atoms with Crippen LogP contribution in [0.5, 0.6) is 0 Å². The lowest BCUT2D eigenvalue weighted by molar-refractivity contribution is 0.297. The van der Waals surface area contributed by atoms with Gasteiger partial charge in [-0.2, -0.15) is 0 Å². The molecule has 0 spiro atoms. The molecule has 1 fully saturated rings. The lowest BCUT2D eigenvalue weighted by atomic mass is 10.1. The summed E-state index contributed by atoms with van der Waals surface area (Å²) in [4.78, 5) is 6.76. The van der Waals surface area contributed by atoms with E-state index in [9.17, 15) is 0 Å². The monoisotopic (exact) mass is 206 g/mol. The van der Waals surface area contributed by atoms with E-state index in [1.54, 1.807) is 6.08 Å². The first-order valence-electron chi connectivity index (χ1n) is 5.90. The lowest BCUT2D eigenvalue weighted by Gasteiger charge is -2.30. The minimum atomic E-state index is 0.983. The molecular weight excluding hydrogens is 184 g/mol. The molecule has 2 aliphatic heterocycles. The summed E-state index contributed by atoms with van der Waals surface area (Å²) in [7, 11) is 0. The third-order valence-electron chi connectivity index (χ3n) is 2.56. The van der Waals surface area contributed by atoms with Gasteiger partial charge in [-0.05, 0) is 32.6 Å². The number of allylic oxidation sites excluding steroid dienone is 2. The van der Waals surface area contributed by atoms with Crippen LogP contribution in [0.15, 0.2) is 29.4 Å². The van der Waals surface area contributed by atoms with Gasteiger partial charge in [-0.1, -0.05) is 12.2 Å². The first-order chi connectivity index (χ1) is 7.38. The maximum Gasteiger partial charge on any atom is 0.0507 e. The molecule has 0 radical (unpaired) electrons. The zero-order chi connectivity index (χ0) is 10.9. The molecule has 0 aromatic carbocycles. The fourth-order valence-electron chi connectivity index (χ4n) is 1.86. The topological polar surface area (TPSA) is 15.6 Å². The number of piperidine rings is 1. The number of nitrogens with zero attached hydrogens (tertiary/aromatic N) is 2. The molecule has 0 unspecified atom stereocenters. The molecule has 0 saturated carbocycles. The predicted octanol–water partition coefficient (Wildman–Crippen LogP) is 3.02. The molecule has 2 heteroatoms. The van der Waals surface area contributed by atoms with Crippen molar-refractivity contribution < 1.29 is 0 Å². The standard InChI is InChI=1S/C10H16N2.C3H6/c1-2-7-12(8-3-1)10-5-4-6-11-9-10;1-3-2/h5,9H,1-4,6-8H2;3H,1H2,2H3. The van der Waals surface area contributed by atoms with Crippen molar-refractivity contribution in [3.63, 3.8) is 0 Å². The SMILES string of the molecule is C1=NCCC=C1N1CCCCC1.C=CC. The zero-order valence-corrected chi connectivity index (χ0v) is 9.78. The van der Waals surface area contributed by atoms with Gasteiger partial charge in [0.1, 0.15) is 0 Å². The number of likely N-dealkylation sites (tertiary alicyclic amines) is 1. The fourth-order valence-corrected chi connectivity index (χ4v) is 1.86. The fraction of sp³-hybridized carbons (Fsp3) is 0.615. The molecule has 0 N–H and O–H groups in total. The van der Waals surface area contributed by atoms with Gasteiger partial charge in [0.2, 0.25) is 0 Å². The van der Waals surface area contributed by atoms with Crippen molar-refractivity contribution in [3.8, 4) is 0 Å². The van der Waals surface area contributed by atoms with Crippen molar-refractivity contribution in [3.05, 3.63) is 24.4 Å². The number of rotatable bonds is 1. The summed E-state index contributed by atoms with van der Waals surface area (Å²) in [6.45, 7) is 8.70. The largest absolute Gasteiger partial charge is 0.371 e. The van der Waals surface area contributed by atoms with E-state index in [1.807, 2.05) is 13.1 Å². The Balaban J connectivity index is 0.000000337. The van der Waals surface area contributed by atoms with Gasteiger partial charge in [-0.15, -0.1) is 6.58 Å². The lowest BCUT2D eigenvalue weighted by Crippen LogP contribution is -2.30. The van der Waals surface area contributed by atoms with Crippen LogP contribution in [-0.2, 0) is 0 Å². The second-order valence-electron chi connectivity index (χ2n) is 3.91. The molecule has 1 saturated heterocycles. The number of aliphatic imine (C=N–C) groups is 1. The minimum Gasteiger partial charge on any atom is -0.371 e. The molecule has 0 amide bonds. The van der Waals surface area contributed by atoms with Gasteiger partial charge in [0.15, 0.2) is 0 Å². The molecular formula is C13H22N2. The third-order valence-corrected chi connectivity index (χ3v) is 2.56. The molecule has 0 aromatic heterocycles. The molecule has 0 aromatic rings. The van der Waals surface area contributed by atoms with E-state index in [1.165, 1.54) is 38.0 Å². The van der Waals surface area contributed by atoms with Gasteiger partial charge in [0.25, 0.3) is 0 Å². The van der Waals surface area contributed by atoms with Crippen molar-refractivity contribution in [2.24, 2.45) is 4.99 Å². The molecule has 0 bridgehead atoms. The normalized spacial score (nSPS) is 20.1. The van der Waals surface area contributed by atoms with E-state index < -0.39 is 0 Å². The van der Waals surface area contributed by atoms with Crippen LogP contribution in [-0.4, -0.2) is 30.7 Å². The molecule has 2 aliphatic rings. The highest BCUT2D eigenvalue weighted by Crippen LogP contribution is 2.15. The van der Waals surface area contributed by atoms with E-state index in [0.717, 1.165) is 13.0 Å². The first-order valence-corrected chi connectivity index (χ1v) is 5.90. The van der Waals surface area contributed by atoms with Crippen LogP contribution in [0.3, 0.4) is 0 Å². The highest BCUT2D eigenvalue weighted by atomic mass is 15.1. The Morgan fingerprint density at radius 2 is 2.00 bits per heavy atom. The summed E-state index contributed by atoms with van der Waals surface area (Å²) in [5.74, 6) is 0. The summed E-state index contributed by atoms with van der Waals surface area (Å²) in [5, 5.41) is 0. The van der Waals surface area contributed by atoms with Gasteiger partial charge in [0.05, 0.1) is 5.70 Å². The Labute approximate surface area is 93.4 Å². The van der Waals surface area contributed by atoms with Gasteiger partial charge in [0, 0.05) is 25.8 Å². The Morgan fingerprint density at radius 1 is 1.33 bits per heavy atom. The predicted molar refractivity (Wildman–Crippen MR) is 67.4 cm³/mol. The van der Waals surface area contributed by atoms with Crippen molar-refractivity contribution in [2.75, 3.05) is 19.6 Å². The van der Waals surface area contributed by atoms with Crippen LogP contribution < -0.4 is 0 Å². The summed E-state index contributed by atoms with van der Waals surface area (Å²) < 4.78 is 0. The maximum absolute atomic E-state index is 4.30. The molecule has 84 valence electrons. The second-order valence-corrected chi connectivity index (χ2v) is 3.91. The van der Waals surface area contributed by atoms with Crippen molar-refractivity contribution >= 4 is 6.21 Å². The highest BCUT2D eigenvalue weighted by Gasteiger charge is 2.12. The summed E-state index contributed by atoms with van der Waals surface area (Å²) in [6.07, 6.45) is 11.3. The Morgan fingerprint density at radius 3 is 2.53 bits per heavy atom. The minimum absolute atomic E-state index is 0.983. The molecule has 2 heterocycles.